The van der Waals surface area contributed by atoms with Crippen molar-refractivity contribution in [3.8, 4) is 0 Å². The molecule has 4 heteroatoms. The fourth-order valence-electron chi connectivity index (χ4n) is 1.23. The van der Waals surface area contributed by atoms with Crippen LogP contribution in [0.4, 0.5) is 0 Å². The molecule has 0 atom stereocenters. The van der Waals surface area contributed by atoms with Crippen molar-refractivity contribution in [2.24, 2.45) is 10.8 Å². The number of nitrogens with two attached hydrogens (primary N) is 1. The van der Waals surface area contributed by atoms with Crippen LogP contribution in [-0.2, 0) is 4.74 Å². The first-order valence-corrected chi connectivity index (χ1v) is 6.00. The fourth-order valence-corrected chi connectivity index (χ4v) is 1.23. The highest BCUT2D eigenvalue weighted by atomic mass is 16.5. The van der Waals surface area contributed by atoms with Crippen molar-refractivity contribution in [2.45, 2.75) is 34.1 Å². The van der Waals surface area contributed by atoms with Gasteiger partial charge in [-0.1, -0.05) is 19.6 Å². The Hall–Kier alpha value is -1.29. The third-order valence-electron chi connectivity index (χ3n) is 2.37. The summed E-state index contributed by atoms with van der Waals surface area (Å²) < 4.78 is 5.57. The lowest BCUT2D eigenvalue weighted by Crippen LogP contribution is -2.24. The summed E-state index contributed by atoms with van der Waals surface area (Å²) in [6.07, 6.45) is 3.07. The van der Waals surface area contributed by atoms with E-state index in [2.05, 4.69) is 24.7 Å². The molecule has 4 nitrogen and oxygen atoms in total. The lowest BCUT2D eigenvalue weighted by Gasteiger charge is -2.19. The number of ether oxygens (including phenoxy) is 1. The Morgan fingerprint density at radius 3 is 2.53 bits per heavy atom. The Kier molecular flexibility index (Phi) is 8.15. The Labute approximate surface area is 105 Å². The van der Waals surface area contributed by atoms with E-state index in [-0.39, 0.29) is 0 Å². The quantitative estimate of drug-likeness (QED) is 0.321. The number of hydrogen-bond acceptors (Lipinski definition) is 4. The molecule has 98 valence electrons. The molecule has 0 aliphatic rings. The van der Waals surface area contributed by atoms with Gasteiger partial charge >= 0.3 is 0 Å². The van der Waals surface area contributed by atoms with Crippen molar-refractivity contribution < 1.29 is 4.74 Å². The van der Waals surface area contributed by atoms with Crippen molar-refractivity contribution in [1.29, 1.82) is 0 Å². The second-order valence-electron chi connectivity index (χ2n) is 3.86. The van der Waals surface area contributed by atoms with Crippen LogP contribution in [0.25, 0.3) is 0 Å². The molecule has 0 bridgehead atoms. The number of hydrazone groups is 1. The number of nitrogens with zero attached hydrogens (tertiary/aromatic N) is 2. The van der Waals surface area contributed by atoms with Gasteiger partial charge in [-0.2, -0.15) is 0 Å². The third kappa shape index (κ3) is 6.79. The predicted molar refractivity (Wildman–Crippen MR) is 73.7 cm³/mol. The van der Waals surface area contributed by atoms with Gasteiger partial charge < -0.3 is 10.5 Å². The normalized spacial score (nSPS) is 12.5. The zero-order chi connectivity index (χ0) is 13.3. The molecule has 0 aromatic carbocycles. The van der Waals surface area contributed by atoms with E-state index in [0.717, 1.165) is 12.1 Å². The van der Waals surface area contributed by atoms with Gasteiger partial charge in [-0.25, -0.2) is 0 Å². The van der Waals surface area contributed by atoms with Crippen LogP contribution < -0.4 is 5.73 Å². The third-order valence-corrected chi connectivity index (χ3v) is 2.37. The van der Waals surface area contributed by atoms with Crippen LogP contribution in [-0.4, -0.2) is 30.6 Å². The lowest BCUT2D eigenvalue weighted by molar-refractivity contribution is 0.300. The molecule has 2 N–H and O–H groups in total. The van der Waals surface area contributed by atoms with E-state index in [1.54, 1.807) is 5.01 Å². The van der Waals surface area contributed by atoms with Crippen LogP contribution in [0.5, 0.6) is 0 Å². The van der Waals surface area contributed by atoms with Gasteiger partial charge in [0.2, 0.25) is 5.90 Å². The highest BCUT2D eigenvalue weighted by Gasteiger charge is 2.02. The van der Waals surface area contributed by atoms with Gasteiger partial charge in [0.1, 0.15) is 6.61 Å². The summed E-state index contributed by atoms with van der Waals surface area (Å²) >= 11 is 0. The van der Waals surface area contributed by atoms with Crippen molar-refractivity contribution >= 4 is 5.90 Å². The number of hydrogen-bond donors (Lipinski definition) is 1. The highest BCUT2D eigenvalue weighted by molar-refractivity contribution is 5.73. The maximum atomic E-state index is 5.57. The van der Waals surface area contributed by atoms with Crippen LogP contribution in [0.15, 0.2) is 29.0 Å². The van der Waals surface area contributed by atoms with Crippen molar-refractivity contribution in [2.75, 3.05) is 19.7 Å². The number of allylic oxidation sites excluding steroid dienone is 2. The first-order chi connectivity index (χ1) is 8.04. The monoisotopic (exact) mass is 239 g/mol. The molecule has 0 spiro atoms. The van der Waals surface area contributed by atoms with E-state index in [9.17, 15) is 0 Å². The van der Waals surface area contributed by atoms with Crippen LogP contribution in [0.2, 0.25) is 0 Å². The van der Waals surface area contributed by atoms with Gasteiger partial charge in [0.25, 0.3) is 0 Å². The van der Waals surface area contributed by atoms with Crippen LogP contribution in [0.1, 0.15) is 34.1 Å². The van der Waals surface area contributed by atoms with E-state index < -0.39 is 0 Å². The van der Waals surface area contributed by atoms with Gasteiger partial charge in [0.05, 0.1) is 6.54 Å². The minimum absolute atomic E-state index is 0.540. The molecule has 0 unspecified atom stereocenters. The summed E-state index contributed by atoms with van der Waals surface area (Å²) in [4.78, 5) is 0. The largest absolute Gasteiger partial charge is 0.475 e. The highest BCUT2D eigenvalue weighted by Crippen LogP contribution is 2.04. The topological polar surface area (TPSA) is 50.8 Å². The van der Waals surface area contributed by atoms with Crippen LogP contribution in [0, 0.1) is 0 Å². The summed E-state index contributed by atoms with van der Waals surface area (Å²) in [6, 6.07) is 0. The maximum absolute atomic E-state index is 5.57. The Morgan fingerprint density at radius 2 is 2.12 bits per heavy atom. The van der Waals surface area contributed by atoms with Crippen molar-refractivity contribution in [1.82, 2.24) is 5.01 Å². The van der Waals surface area contributed by atoms with E-state index in [1.807, 2.05) is 20.8 Å². The summed E-state index contributed by atoms with van der Waals surface area (Å²) in [6.45, 7) is 13.5. The average Bonchev–Trinajstić information content (AvgIpc) is 2.29. The second-order valence-corrected chi connectivity index (χ2v) is 3.86. The second kappa shape index (κ2) is 8.82. The maximum Gasteiger partial charge on any atom is 0.203 e. The molecule has 0 amide bonds. The first-order valence-electron chi connectivity index (χ1n) is 6.00. The zero-order valence-corrected chi connectivity index (χ0v) is 11.5. The average molecular weight is 239 g/mol. The van der Waals surface area contributed by atoms with E-state index in [4.69, 9.17) is 10.5 Å². The smallest absolute Gasteiger partial charge is 0.203 e. The molecule has 0 aromatic heterocycles. The summed E-state index contributed by atoms with van der Waals surface area (Å²) in [5.74, 6) is 0.634. The molecule has 0 saturated heterocycles. The molecule has 0 aliphatic carbocycles. The number of rotatable bonds is 7. The van der Waals surface area contributed by atoms with Crippen molar-refractivity contribution in [3.05, 3.63) is 23.9 Å². The zero-order valence-electron chi connectivity index (χ0n) is 11.5. The minimum atomic E-state index is 0.540. The molecule has 0 fully saturated rings. The van der Waals surface area contributed by atoms with Gasteiger partial charge in [-0.3, -0.25) is 5.01 Å². The Bertz CT molecular complexity index is 295. The molecular formula is C13H25N3O. The van der Waals surface area contributed by atoms with E-state index >= 15 is 0 Å². The van der Waals surface area contributed by atoms with Crippen molar-refractivity contribution in [3.63, 3.8) is 0 Å². The van der Waals surface area contributed by atoms with Gasteiger partial charge in [-0.15, -0.1) is 5.10 Å². The minimum Gasteiger partial charge on any atom is -0.475 e. The molecule has 0 aromatic rings. The molecule has 17 heavy (non-hydrogen) atoms. The molecule has 0 radical (unpaired) electrons. The van der Waals surface area contributed by atoms with Gasteiger partial charge in [0.15, 0.2) is 0 Å². The van der Waals surface area contributed by atoms with E-state index in [0.29, 0.717) is 25.6 Å². The standard InChI is InChI=1S/C13H25N3O/c1-6-13(7-2)10-17-12(5)15-16(9-8-14)11(3)4/h6H,3,7-10,14H2,1-2,4-5H3. The molecule has 0 heterocycles. The Balaban J connectivity index is 4.35. The first kappa shape index (κ1) is 15.7. The Morgan fingerprint density at radius 1 is 1.47 bits per heavy atom. The van der Waals surface area contributed by atoms with Gasteiger partial charge in [-0.05, 0) is 25.8 Å². The lowest BCUT2D eigenvalue weighted by atomic mass is 10.2. The van der Waals surface area contributed by atoms with Crippen LogP contribution >= 0.6 is 0 Å². The summed E-state index contributed by atoms with van der Waals surface area (Å²) in [7, 11) is 0. The predicted octanol–water partition coefficient (Wildman–Crippen LogP) is 2.49. The van der Waals surface area contributed by atoms with Gasteiger partial charge in [0, 0.05) is 19.2 Å². The van der Waals surface area contributed by atoms with Crippen LogP contribution in [0.3, 0.4) is 0 Å². The molecule has 0 rings (SSSR count). The SMILES string of the molecule is C=C(C)N(CCN)N=C(C)OCC(=CC)CC. The molecule has 0 saturated carbocycles. The summed E-state index contributed by atoms with van der Waals surface area (Å²) in [5, 5.41) is 6.09. The van der Waals surface area contributed by atoms with E-state index in [1.165, 1.54) is 5.57 Å². The summed E-state index contributed by atoms with van der Waals surface area (Å²) in [5.41, 5.74) is 7.63. The molecular weight excluding hydrogens is 214 g/mol. The fraction of sp³-hybridized carbons (Fsp3) is 0.615. The molecule has 0 aliphatic heterocycles.